The molecular formula is C14H17BrN2O5. The summed E-state index contributed by atoms with van der Waals surface area (Å²) in [5.41, 5.74) is 0.613. The van der Waals surface area contributed by atoms with E-state index < -0.39 is 12.1 Å². The summed E-state index contributed by atoms with van der Waals surface area (Å²) in [6.07, 6.45) is 0.383. The molecule has 22 heavy (non-hydrogen) atoms. The number of methoxy groups -OCH3 is 1. The molecule has 1 aromatic rings. The van der Waals surface area contributed by atoms with Crippen LogP contribution < -0.4 is 14.8 Å². The topological polar surface area (TPSA) is 90.7 Å². The van der Waals surface area contributed by atoms with E-state index in [0.29, 0.717) is 28.1 Å². The average molecular weight is 373 g/mol. The van der Waals surface area contributed by atoms with E-state index in [0.717, 1.165) is 0 Å². The lowest BCUT2D eigenvalue weighted by molar-refractivity contribution is -0.529. The summed E-state index contributed by atoms with van der Waals surface area (Å²) in [7, 11) is 1.50. The summed E-state index contributed by atoms with van der Waals surface area (Å²) in [5, 5.41) is 13.9. The van der Waals surface area contributed by atoms with Crippen LogP contribution in [0.1, 0.15) is 31.4 Å². The Morgan fingerprint density at radius 3 is 2.82 bits per heavy atom. The molecule has 1 heterocycles. The molecule has 2 rings (SSSR count). The van der Waals surface area contributed by atoms with Crippen molar-refractivity contribution in [1.29, 1.82) is 0 Å². The van der Waals surface area contributed by atoms with Crippen LogP contribution in [0.4, 0.5) is 0 Å². The number of hydrogen-bond acceptors (Lipinski definition) is 5. The van der Waals surface area contributed by atoms with E-state index in [4.69, 9.17) is 9.47 Å². The van der Waals surface area contributed by atoms with Gasteiger partial charge in [0.15, 0.2) is 11.5 Å². The van der Waals surface area contributed by atoms with Crippen molar-refractivity contribution in [2.75, 3.05) is 13.7 Å². The Morgan fingerprint density at radius 1 is 1.50 bits per heavy atom. The van der Waals surface area contributed by atoms with Crippen molar-refractivity contribution in [2.45, 2.75) is 31.8 Å². The molecule has 1 N–H and O–H groups in total. The van der Waals surface area contributed by atoms with Gasteiger partial charge >= 0.3 is 0 Å². The van der Waals surface area contributed by atoms with Gasteiger partial charge in [0.1, 0.15) is 6.04 Å². The maximum absolute atomic E-state index is 11.6. The molecule has 0 radical (unpaired) electrons. The number of hydrogen-bond donors (Lipinski definition) is 1. The standard InChI is InChI=1S/C14H17BrN2O5/c1-3-22-14-9(15)6-8(7-11(14)21-2)13-10(17(19)20)4-5-12(18)16-13/h6-7,10,13H,3-5H2,1-2H3,(H,16,18)/t10-,13-/m1/s1. The van der Waals surface area contributed by atoms with Crippen LogP contribution in [0, 0.1) is 10.1 Å². The lowest BCUT2D eigenvalue weighted by Crippen LogP contribution is -2.45. The Hall–Kier alpha value is -1.83. The molecule has 0 aromatic heterocycles. The minimum atomic E-state index is -0.854. The van der Waals surface area contributed by atoms with Crippen molar-refractivity contribution >= 4 is 21.8 Å². The quantitative estimate of drug-likeness (QED) is 0.633. The zero-order valence-corrected chi connectivity index (χ0v) is 13.9. The van der Waals surface area contributed by atoms with E-state index >= 15 is 0 Å². The Morgan fingerprint density at radius 2 is 2.23 bits per heavy atom. The van der Waals surface area contributed by atoms with Crippen LogP contribution in [0.25, 0.3) is 0 Å². The molecule has 2 atom stereocenters. The van der Waals surface area contributed by atoms with Crippen LogP contribution >= 0.6 is 15.9 Å². The normalized spacial score (nSPS) is 21.1. The number of amides is 1. The molecule has 0 spiro atoms. The Kier molecular flexibility index (Phi) is 5.23. The van der Waals surface area contributed by atoms with Crippen molar-refractivity contribution in [3.63, 3.8) is 0 Å². The van der Waals surface area contributed by atoms with Crippen molar-refractivity contribution in [1.82, 2.24) is 5.32 Å². The molecule has 1 fully saturated rings. The minimum Gasteiger partial charge on any atom is -0.493 e. The molecule has 0 saturated carbocycles. The number of nitro groups is 1. The number of benzene rings is 1. The third-order valence-corrected chi connectivity index (χ3v) is 4.13. The van der Waals surface area contributed by atoms with Gasteiger partial charge in [0, 0.05) is 17.8 Å². The predicted octanol–water partition coefficient (Wildman–Crippen LogP) is 2.45. The van der Waals surface area contributed by atoms with Crippen LogP contribution in [0.3, 0.4) is 0 Å². The van der Waals surface area contributed by atoms with E-state index in [1.807, 2.05) is 6.92 Å². The second-order valence-corrected chi connectivity index (χ2v) is 5.76. The van der Waals surface area contributed by atoms with Gasteiger partial charge in [0.2, 0.25) is 11.9 Å². The smallest absolute Gasteiger partial charge is 0.237 e. The van der Waals surface area contributed by atoms with Gasteiger partial charge in [-0.2, -0.15) is 0 Å². The first-order valence-electron chi connectivity index (χ1n) is 6.91. The number of ether oxygens (including phenoxy) is 2. The Balaban J connectivity index is 2.43. The largest absolute Gasteiger partial charge is 0.493 e. The van der Waals surface area contributed by atoms with Gasteiger partial charge in [-0.3, -0.25) is 14.9 Å². The molecule has 120 valence electrons. The maximum atomic E-state index is 11.6. The number of rotatable bonds is 5. The van der Waals surface area contributed by atoms with Gasteiger partial charge in [0.05, 0.1) is 18.2 Å². The van der Waals surface area contributed by atoms with E-state index in [9.17, 15) is 14.9 Å². The first-order valence-corrected chi connectivity index (χ1v) is 7.70. The van der Waals surface area contributed by atoms with Gasteiger partial charge in [-0.1, -0.05) is 0 Å². The number of halogens is 1. The summed E-state index contributed by atoms with van der Waals surface area (Å²) in [6.45, 7) is 2.32. The molecule has 0 unspecified atom stereocenters. The van der Waals surface area contributed by atoms with Gasteiger partial charge in [-0.25, -0.2) is 0 Å². The zero-order chi connectivity index (χ0) is 16.3. The summed E-state index contributed by atoms with van der Waals surface area (Å²) in [6, 6.07) is 1.85. The molecule has 7 nitrogen and oxygen atoms in total. The van der Waals surface area contributed by atoms with Crippen molar-refractivity contribution in [3.8, 4) is 11.5 Å². The number of piperidine rings is 1. The highest BCUT2D eigenvalue weighted by atomic mass is 79.9. The number of nitrogens with one attached hydrogen (secondary N) is 1. The molecule has 8 heteroatoms. The van der Waals surface area contributed by atoms with Crippen LogP contribution in [0.2, 0.25) is 0 Å². The average Bonchev–Trinajstić information content (AvgIpc) is 2.48. The fraction of sp³-hybridized carbons (Fsp3) is 0.500. The fourth-order valence-electron chi connectivity index (χ4n) is 2.52. The van der Waals surface area contributed by atoms with Crippen LogP contribution in [-0.2, 0) is 4.79 Å². The molecule has 0 aliphatic carbocycles. The fourth-order valence-corrected chi connectivity index (χ4v) is 3.10. The predicted molar refractivity (Wildman–Crippen MR) is 82.8 cm³/mol. The monoisotopic (exact) mass is 372 g/mol. The summed E-state index contributed by atoms with van der Waals surface area (Å²) in [5.74, 6) is 0.814. The summed E-state index contributed by atoms with van der Waals surface area (Å²) >= 11 is 3.39. The third kappa shape index (κ3) is 3.32. The highest BCUT2D eigenvalue weighted by Crippen LogP contribution is 2.39. The van der Waals surface area contributed by atoms with Crippen LogP contribution in [0.5, 0.6) is 11.5 Å². The third-order valence-electron chi connectivity index (χ3n) is 3.54. The number of carbonyl (C=O) groups is 1. The van der Waals surface area contributed by atoms with Crippen molar-refractivity contribution < 1.29 is 19.2 Å². The second-order valence-electron chi connectivity index (χ2n) is 4.90. The zero-order valence-electron chi connectivity index (χ0n) is 12.3. The molecule has 1 saturated heterocycles. The van der Waals surface area contributed by atoms with E-state index in [-0.39, 0.29) is 23.7 Å². The number of nitrogens with zero attached hydrogens (tertiary/aromatic N) is 1. The molecule has 1 aromatic carbocycles. The van der Waals surface area contributed by atoms with E-state index in [1.54, 1.807) is 12.1 Å². The molecule has 1 amide bonds. The molecule has 1 aliphatic heterocycles. The highest BCUT2D eigenvalue weighted by Gasteiger charge is 2.38. The number of carbonyl (C=O) groups excluding carboxylic acids is 1. The van der Waals surface area contributed by atoms with E-state index in [1.165, 1.54) is 7.11 Å². The van der Waals surface area contributed by atoms with Crippen LogP contribution in [-0.4, -0.2) is 30.6 Å². The summed E-state index contributed by atoms with van der Waals surface area (Å²) in [4.78, 5) is 22.5. The van der Waals surface area contributed by atoms with Gasteiger partial charge in [-0.15, -0.1) is 0 Å². The molecule has 1 aliphatic rings. The summed E-state index contributed by atoms with van der Waals surface area (Å²) < 4.78 is 11.4. The molecular weight excluding hydrogens is 356 g/mol. The second kappa shape index (κ2) is 6.95. The first kappa shape index (κ1) is 16.5. The van der Waals surface area contributed by atoms with Crippen molar-refractivity contribution in [2.24, 2.45) is 0 Å². The molecule has 0 bridgehead atoms. The van der Waals surface area contributed by atoms with Crippen molar-refractivity contribution in [3.05, 3.63) is 32.3 Å². The lowest BCUT2D eigenvalue weighted by Gasteiger charge is -2.27. The Labute approximate surface area is 136 Å². The van der Waals surface area contributed by atoms with Gasteiger partial charge in [-0.05, 0) is 40.5 Å². The van der Waals surface area contributed by atoms with E-state index in [2.05, 4.69) is 21.2 Å². The SMILES string of the molecule is CCOc1c(Br)cc([C@H]2NC(=O)CC[C@H]2[N+](=O)[O-])cc1OC. The minimum absolute atomic E-state index is 0.164. The highest BCUT2D eigenvalue weighted by molar-refractivity contribution is 9.10. The maximum Gasteiger partial charge on any atom is 0.237 e. The Bertz CT molecular complexity index is 593. The lowest BCUT2D eigenvalue weighted by atomic mass is 9.92. The van der Waals surface area contributed by atoms with Gasteiger partial charge in [0.25, 0.3) is 0 Å². The van der Waals surface area contributed by atoms with Crippen LogP contribution in [0.15, 0.2) is 16.6 Å². The first-order chi connectivity index (χ1) is 10.5. The van der Waals surface area contributed by atoms with Gasteiger partial charge < -0.3 is 14.8 Å².